The fraction of sp³-hybridized carbons (Fsp3) is 0.278. The lowest BCUT2D eigenvalue weighted by Gasteiger charge is -2.32. The zero-order chi connectivity index (χ0) is 16.4. The van der Waals surface area contributed by atoms with E-state index in [1.54, 1.807) is 11.3 Å². The average molecular weight is 339 g/mol. The summed E-state index contributed by atoms with van der Waals surface area (Å²) < 4.78 is 5.56. The molecule has 0 bridgehead atoms. The minimum Gasteiger partial charge on any atom is -0.336 e. The Kier molecular flexibility index (Phi) is 4.13. The predicted molar refractivity (Wildman–Crippen MR) is 91.5 cm³/mol. The van der Waals surface area contributed by atoms with Crippen molar-refractivity contribution in [3.8, 4) is 11.4 Å². The quantitative estimate of drug-likeness (QED) is 0.723. The van der Waals surface area contributed by atoms with Crippen LogP contribution in [0.15, 0.2) is 51.7 Å². The summed E-state index contributed by atoms with van der Waals surface area (Å²) in [5.41, 5.74) is 1.93. The highest BCUT2D eigenvalue weighted by molar-refractivity contribution is 7.08. The number of piperidine rings is 1. The molecule has 2 aromatic heterocycles. The van der Waals surface area contributed by atoms with Crippen LogP contribution in [0.1, 0.15) is 36.8 Å². The molecule has 1 amide bonds. The molecule has 5 nitrogen and oxygen atoms in total. The Morgan fingerprint density at radius 2 is 2.04 bits per heavy atom. The molecule has 4 rings (SSSR count). The van der Waals surface area contributed by atoms with Crippen LogP contribution in [0.3, 0.4) is 0 Å². The SMILES string of the molecule is O=C1CCCCN1C(c1ccccc1)c1nc(-c2ccsc2)no1. The van der Waals surface area contributed by atoms with Crippen molar-refractivity contribution in [3.05, 3.63) is 58.6 Å². The number of nitrogens with zero attached hydrogens (tertiary/aromatic N) is 3. The van der Waals surface area contributed by atoms with Crippen LogP contribution in [0.25, 0.3) is 11.4 Å². The van der Waals surface area contributed by atoms with E-state index in [2.05, 4.69) is 10.1 Å². The molecular weight excluding hydrogens is 322 g/mol. The number of aromatic nitrogens is 2. The molecule has 122 valence electrons. The third-order valence-corrected chi connectivity index (χ3v) is 4.93. The minimum atomic E-state index is -0.320. The number of carbonyl (C=O) groups excluding carboxylic acids is 1. The molecule has 1 atom stereocenters. The van der Waals surface area contributed by atoms with Gasteiger partial charge in [0.2, 0.25) is 11.7 Å². The minimum absolute atomic E-state index is 0.144. The van der Waals surface area contributed by atoms with Crippen molar-refractivity contribution >= 4 is 17.2 Å². The van der Waals surface area contributed by atoms with Crippen LogP contribution in [0.4, 0.5) is 0 Å². The van der Waals surface area contributed by atoms with Crippen LogP contribution in [0, 0.1) is 0 Å². The van der Waals surface area contributed by atoms with Crippen LogP contribution < -0.4 is 0 Å². The molecule has 0 aliphatic carbocycles. The number of likely N-dealkylation sites (tertiary alicyclic amines) is 1. The summed E-state index contributed by atoms with van der Waals surface area (Å²) in [7, 11) is 0. The first kappa shape index (κ1) is 15.1. The van der Waals surface area contributed by atoms with Gasteiger partial charge in [-0.25, -0.2) is 0 Å². The number of hydrogen-bond donors (Lipinski definition) is 0. The fourth-order valence-electron chi connectivity index (χ4n) is 3.05. The third kappa shape index (κ3) is 2.85. The van der Waals surface area contributed by atoms with Crippen molar-refractivity contribution in [2.24, 2.45) is 0 Å². The maximum atomic E-state index is 12.5. The lowest BCUT2D eigenvalue weighted by Crippen LogP contribution is -2.39. The number of hydrogen-bond acceptors (Lipinski definition) is 5. The Balaban J connectivity index is 1.74. The zero-order valence-electron chi connectivity index (χ0n) is 13.1. The molecular formula is C18H17N3O2S. The van der Waals surface area contributed by atoms with Crippen LogP contribution in [-0.4, -0.2) is 27.5 Å². The summed E-state index contributed by atoms with van der Waals surface area (Å²) in [5, 5.41) is 8.07. The largest absolute Gasteiger partial charge is 0.336 e. The summed E-state index contributed by atoms with van der Waals surface area (Å²) in [6.45, 7) is 0.717. The van der Waals surface area contributed by atoms with Gasteiger partial charge in [-0.05, 0) is 29.9 Å². The summed E-state index contributed by atoms with van der Waals surface area (Å²) in [6, 6.07) is 11.5. The van der Waals surface area contributed by atoms with E-state index in [4.69, 9.17) is 4.52 Å². The predicted octanol–water partition coefficient (Wildman–Crippen LogP) is 3.90. The molecule has 1 fully saturated rings. The lowest BCUT2D eigenvalue weighted by atomic mass is 10.0. The Morgan fingerprint density at radius 1 is 1.17 bits per heavy atom. The van der Waals surface area contributed by atoms with Crippen molar-refractivity contribution in [3.63, 3.8) is 0 Å². The normalized spacial score (nSPS) is 16.3. The number of carbonyl (C=O) groups is 1. The van der Waals surface area contributed by atoms with Gasteiger partial charge >= 0.3 is 0 Å². The molecule has 0 N–H and O–H groups in total. The second kappa shape index (κ2) is 6.57. The Hall–Kier alpha value is -2.47. The van der Waals surface area contributed by atoms with Crippen LogP contribution in [0.5, 0.6) is 0 Å². The third-order valence-electron chi connectivity index (χ3n) is 4.24. The van der Waals surface area contributed by atoms with Crippen molar-refractivity contribution < 1.29 is 9.32 Å². The highest BCUT2D eigenvalue weighted by Gasteiger charge is 2.32. The standard InChI is InChI=1S/C18H17N3O2S/c22-15-8-4-5-10-21(15)16(13-6-2-1-3-7-13)18-19-17(20-23-18)14-9-11-24-12-14/h1-3,6-7,9,11-12,16H,4-5,8,10H2. The maximum absolute atomic E-state index is 12.5. The molecule has 1 saturated heterocycles. The average Bonchev–Trinajstić information content (AvgIpc) is 3.29. The van der Waals surface area contributed by atoms with Crippen molar-refractivity contribution in [1.29, 1.82) is 0 Å². The highest BCUT2D eigenvalue weighted by atomic mass is 32.1. The smallest absolute Gasteiger partial charge is 0.254 e. The van der Waals surface area contributed by atoms with Gasteiger partial charge in [-0.15, -0.1) is 0 Å². The molecule has 0 saturated carbocycles. The molecule has 3 aromatic rings. The number of rotatable bonds is 4. The Morgan fingerprint density at radius 3 is 2.79 bits per heavy atom. The maximum Gasteiger partial charge on any atom is 0.254 e. The van der Waals surface area contributed by atoms with E-state index >= 15 is 0 Å². The number of benzene rings is 1. The number of thiophene rings is 1. The zero-order valence-corrected chi connectivity index (χ0v) is 13.9. The first-order valence-corrected chi connectivity index (χ1v) is 8.98. The van der Waals surface area contributed by atoms with Gasteiger partial charge in [0.05, 0.1) is 0 Å². The van der Waals surface area contributed by atoms with Gasteiger partial charge < -0.3 is 9.42 Å². The van der Waals surface area contributed by atoms with Crippen molar-refractivity contribution in [1.82, 2.24) is 15.0 Å². The first-order valence-electron chi connectivity index (χ1n) is 8.03. The van der Waals surface area contributed by atoms with Gasteiger partial charge in [-0.2, -0.15) is 16.3 Å². The van der Waals surface area contributed by atoms with E-state index in [0.717, 1.165) is 24.0 Å². The topological polar surface area (TPSA) is 59.2 Å². The van der Waals surface area contributed by atoms with Crippen LogP contribution in [0.2, 0.25) is 0 Å². The summed E-state index contributed by atoms with van der Waals surface area (Å²) >= 11 is 1.59. The molecule has 1 aromatic carbocycles. The Bertz CT molecular complexity index is 814. The fourth-order valence-corrected chi connectivity index (χ4v) is 3.68. The van der Waals surface area contributed by atoms with Gasteiger partial charge in [0.15, 0.2) is 0 Å². The number of amides is 1. The highest BCUT2D eigenvalue weighted by Crippen LogP contribution is 2.32. The van der Waals surface area contributed by atoms with E-state index in [1.807, 2.05) is 52.1 Å². The summed E-state index contributed by atoms with van der Waals surface area (Å²) in [5.74, 6) is 1.18. The van der Waals surface area contributed by atoms with Crippen molar-refractivity contribution in [2.45, 2.75) is 25.3 Å². The summed E-state index contributed by atoms with van der Waals surface area (Å²) in [4.78, 5) is 18.9. The lowest BCUT2D eigenvalue weighted by molar-refractivity contribution is -0.135. The van der Waals surface area contributed by atoms with Gasteiger partial charge in [-0.3, -0.25) is 4.79 Å². The van der Waals surface area contributed by atoms with Gasteiger partial charge in [0, 0.05) is 23.9 Å². The molecule has 0 radical (unpaired) electrons. The molecule has 1 unspecified atom stereocenters. The van der Waals surface area contributed by atoms with E-state index < -0.39 is 0 Å². The second-order valence-electron chi connectivity index (χ2n) is 5.83. The molecule has 3 heterocycles. The van der Waals surface area contributed by atoms with E-state index in [0.29, 0.717) is 24.7 Å². The first-order chi connectivity index (χ1) is 11.8. The van der Waals surface area contributed by atoms with Crippen LogP contribution in [-0.2, 0) is 4.79 Å². The monoisotopic (exact) mass is 339 g/mol. The Labute approximate surface area is 143 Å². The molecule has 6 heteroatoms. The second-order valence-corrected chi connectivity index (χ2v) is 6.61. The van der Waals surface area contributed by atoms with Gasteiger partial charge in [0.25, 0.3) is 5.89 Å². The molecule has 1 aliphatic rings. The summed E-state index contributed by atoms with van der Waals surface area (Å²) in [6.07, 6.45) is 2.52. The van der Waals surface area contributed by atoms with Gasteiger partial charge in [-0.1, -0.05) is 35.5 Å². The molecule has 0 spiro atoms. The van der Waals surface area contributed by atoms with E-state index in [1.165, 1.54) is 0 Å². The van der Waals surface area contributed by atoms with Crippen molar-refractivity contribution in [2.75, 3.05) is 6.54 Å². The van der Waals surface area contributed by atoms with E-state index in [-0.39, 0.29) is 11.9 Å². The molecule has 1 aliphatic heterocycles. The molecule has 24 heavy (non-hydrogen) atoms. The van der Waals surface area contributed by atoms with E-state index in [9.17, 15) is 4.79 Å². The van der Waals surface area contributed by atoms with Crippen LogP contribution >= 0.6 is 11.3 Å². The van der Waals surface area contributed by atoms with Gasteiger partial charge in [0.1, 0.15) is 6.04 Å².